The van der Waals surface area contributed by atoms with Crippen molar-refractivity contribution in [3.8, 4) is 5.75 Å². The summed E-state index contributed by atoms with van der Waals surface area (Å²) in [6.45, 7) is 2.87. The molecule has 0 amide bonds. The lowest BCUT2D eigenvalue weighted by atomic mass is 10.2. The van der Waals surface area contributed by atoms with Gasteiger partial charge in [-0.3, -0.25) is 0 Å². The Morgan fingerprint density at radius 3 is 2.93 bits per heavy atom. The first-order valence-corrected chi connectivity index (χ1v) is 5.86. The number of hydrogen-bond donors (Lipinski definition) is 0. The Morgan fingerprint density at radius 1 is 1.40 bits per heavy atom. The minimum absolute atomic E-state index is 0.0726. The van der Waals surface area contributed by atoms with Crippen molar-refractivity contribution in [2.45, 2.75) is 32.5 Å². The summed E-state index contributed by atoms with van der Waals surface area (Å²) in [5.41, 5.74) is 1.22. The van der Waals surface area contributed by atoms with Crippen molar-refractivity contribution in [2.24, 2.45) is 0 Å². The average Bonchev–Trinajstić information content (AvgIpc) is 2.24. The zero-order chi connectivity index (χ0) is 10.7. The van der Waals surface area contributed by atoms with Gasteiger partial charge >= 0.3 is 0 Å². The fourth-order valence-corrected chi connectivity index (χ4v) is 2.06. The van der Waals surface area contributed by atoms with E-state index >= 15 is 0 Å². The van der Waals surface area contributed by atoms with E-state index in [0.717, 1.165) is 30.4 Å². The Labute approximate surface area is 94.0 Å². The van der Waals surface area contributed by atoms with Crippen molar-refractivity contribution >= 4 is 15.4 Å². The Balaban J connectivity index is 2.03. The Kier molecular flexibility index (Phi) is 3.44. The van der Waals surface area contributed by atoms with E-state index in [4.69, 9.17) is 9.47 Å². The maximum absolute atomic E-state index is 5.77. The molecule has 0 bridgehead atoms. The van der Waals surface area contributed by atoms with Gasteiger partial charge in [-0.05, 0) is 31.0 Å². The second-order valence-corrected chi connectivity index (χ2v) is 4.45. The van der Waals surface area contributed by atoms with Gasteiger partial charge in [0.1, 0.15) is 5.75 Å². The molecule has 0 aliphatic carbocycles. The summed E-state index contributed by atoms with van der Waals surface area (Å²) in [6, 6.07) is 6.08. The summed E-state index contributed by atoms with van der Waals surface area (Å²) in [5, 5.41) is 0.990. The molecule has 1 unspecified atom stereocenters. The van der Waals surface area contributed by atoms with Crippen LogP contribution in [0.15, 0.2) is 18.2 Å². The molecular formula is C12H15O2Si. The minimum atomic E-state index is -0.0726. The summed E-state index contributed by atoms with van der Waals surface area (Å²) in [7, 11) is 3.55. The van der Waals surface area contributed by atoms with Crippen molar-refractivity contribution in [3.05, 3.63) is 23.8 Å². The second-order valence-electron chi connectivity index (χ2n) is 3.91. The Morgan fingerprint density at radius 2 is 2.27 bits per heavy atom. The lowest BCUT2D eigenvalue weighted by Crippen LogP contribution is -2.27. The van der Waals surface area contributed by atoms with Crippen molar-refractivity contribution in [1.29, 1.82) is 0 Å². The van der Waals surface area contributed by atoms with Crippen LogP contribution in [0.5, 0.6) is 5.75 Å². The molecule has 15 heavy (non-hydrogen) atoms. The van der Waals surface area contributed by atoms with Crippen LogP contribution in [0.25, 0.3) is 0 Å². The Bertz CT molecular complexity index is 332. The molecule has 1 aliphatic heterocycles. The monoisotopic (exact) mass is 219 g/mol. The molecule has 0 aromatic heterocycles. The average molecular weight is 219 g/mol. The van der Waals surface area contributed by atoms with E-state index in [1.54, 1.807) is 0 Å². The van der Waals surface area contributed by atoms with Crippen LogP contribution in [0.4, 0.5) is 0 Å². The molecule has 0 saturated carbocycles. The molecule has 79 valence electrons. The normalized spacial score (nSPS) is 21.3. The summed E-state index contributed by atoms with van der Waals surface area (Å²) in [6.07, 6.45) is 3.25. The molecule has 0 N–H and O–H groups in total. The third-order valence-electron chi connectivity index (χ3n) is 2.53. The third-order valence-corrected chi connectivity index (χ3v) is 2.92. The van der Waals surface area contributed by atoms with Crippen LogP contribution in [0.2, 0.25) is 0 Å². The first kappa shape index (κ1) is 10.7. The standard InChI is InChI=1S/C12H15O2Si/c1-9-5-6-10(11(15)8-9)14-12-4-2-3-7-13-12/h5-6,8,12H,2-4,7H2,1H3. The van der Waals surface area contributed by atoms with Crippen LogP contribution in [0.1, 0.15) is 24.8 Å². The molecule has 2 rings (SSSR count). The zero-order valence-corrected chi connectivity index (χ0v) is 9.95. The summed E-state index contributed by atoms with van der Waals surface area (Å²) in [5.74, 6) is 0.865. The van der Waals surface area contributed by atoms with Crippen molar-refractivity contribution in [3.63, 3.8) is 0 Å². The van der Waals surface area contributed by atoms with E-state index in [0.29, 0.717) is 0 Å². The highest BCUT2D eigenvalue weighted by Gasteiger charge is 2.15. The van der Waals surface area contributed by atoms with E-state index in [1.807, 2.05) is 12.1 Å². The van der Waals surface area contributed by atoms with Gasteiger partial charge < -0.3 is 9.47 Å². The van der Waals surface area contributed by atoms with Crippen LogP contribution in [-0.4, -0.2) is 23.1 Å². The van der Waals surface area contributed by atoms with Gasteiger partial charge in [-0.1, -0.05) is 17.7 Å². The van der Waals surface area contributed by atoms with Gasteiger partial charge in [0.2, 0.25) is 0 Å². The molecule has 0 spiro atoms. The van der Waals surface area contributed by atoms with Gasteiger partial charge in [0.05, 0.1) is 16.8 Å². The van der Waals surface area contributed by atoms with Crippen LogP contribution in [-0.2, 0) is 4.74 Å². The summed E-state index contributed by atoms with van der Waals surface area (Å²) >= 11 is 0. The van der Waals surface area contributed by atoms with E-state index in [2.05, 4.69) is 23.2 Å². The smallest absolute Gasteiger partial charge is 0.199 e. The highest BCUT2D eigenvalue weighted by Crippen LogP contribution is 2.17. The zero-order valence-electron chi connectivity index (χ0n) is 8.95. The van der Waals surface area contributed by atoms with Gasteiger partial charge in [0.15, 0.2) is 6.29 Å². The number of ether oxygens (including phenoxy) is 2. The van der Waals surface area contributed by atoms with E-state index in [1.165, 1.54) is 12.0 Å². The van der Waals surface area contributed by atoms with E-state index in [9.17, 15) is 0 Å². The number of benzene rings is 1. The fourth-order valence-electron chi connectivity index (χ4n) is 1.69. The molecule has 1 fully saturated rings. The molecule has 2 nitrogen and oxygen atoms in total. The van der Waals surface area contributed by atoms with Gasteiger partial charge in [-0.15, -0.1) is 0 Å². The topological polar surface area (TPSA) is 18.5 Å². The molecule has 1 aliphatic rings. The molecule has 1 heterocycles. The molecule has 1 aromatic carbocycles. The first-order chi connectivity index (χ1) is 7.25. The highest BCUT2D eigenvalue weighted by atomic mass is 28.1. The maximum Gasteiger partial charge on any atom is 0.199 e. The maximum atomic E-state index is 5.77. The summed E-state index contributed by atoms with van der Waals surface area (Å²) in [4.78, 5) is 0. The van der Waals surface area contributed by atoms with Crippen LogP contribution >= 0.6 is 0 Å². The summed E-state index contributed by atoms with van der Waals surface area (Å²) < 4.78 is 11.3. The van der Waals surface area contributed by atoms with Crippen molar-refractivity contribution in [1.82, 2.24) is 0 Å². The van der Waals surface area contributed by atoms with Crippen LogP contribution in [0.3, 0.4) is 0 Å². The SMILES string of the molecule is Cc1ccc(OC2CCCCO2)c([Si])c1. The van der Waals surface area contributed by atoms with Crippen LogP contribution < -0.4 is 9.92 Å². The molecule has 3 heteroatoms. The third kappa shape index (κ3) is 2.83. The van der Waals surface area contributed by atoms with Gasteiger partial charge in [0.25, 0.3) is 0 Å². The van der Waals surface area contributed by atoms with Gasteiger partial charge in [-0.2, -0.15) is 0 Å². The quantitative estimate of drug-likeness (QED) is 0.705. The molecule has 1 saturated heterocycles. The largest absolute Gasteiger partial charge is 0.465 e. The minimum Gasteiger partial charge on any atom is -0.465 e. The fraction of sp³-hybridized carbons (Fsp3) is 0.500. The predicted molar refractivity (Wildman–Crippen MR) is 60.8 cm³/mol. The molecule has 3 radical (unpaired) electrons. The highest BCUT2D eigenvalue weighted by molar-refractivity contribution is 6.34. The number of hydrogen-bond acceptors (Lipinski definition) is 2. The number of aryl methyl sites for hydroxylation is 1. The Hall–Kier alpha value is -0.803. The first-order valence-electron chi connectivity index (χ1n) is 5.36. The van der Waals surface area contributed by atoms with E-state index in [-0.39, 0.29) is 6.29 Å². The lowest BCUT2D eigenvalue weighted by molar-refractivity contribution is -0.105. The van der Waals surface area contributed by atoms with Gasteiger partial charge in [0, 0.05) is 6.42 Å². The van der Waals surface area contributed by atoms with Gasteiger partial charge in [-0.25, -0.2) is 0 Å². The molecule has 1 aromatic rings. The molecular weight excluding hydrogens is 204 g/mol. The number of rotatable bonds is 2. The van der Waals surface area contributed by atoms with Crippen molar-refractivity contribution in [2.75, 3.05) is 6.61 Å². The predicted octanol–water partition coefficient (Wildman–Crippen LogP) is 1.69. The van der Waals surface area contributed by atoms with Crippen molar-refractivity contribution < 1.29 is 9.47 Å². The lowest BCUT2D eigenvalue weighted by Gasteiger charge is -2.24. The van der Waals surface area contributed by atoms with Crippen LogP contribution in [0, 0.1) is 6.92 Å². The second kappa shape index (κ2) is 4.81. The molecule has 1 atom stereocenters. The van der Waals surface area contributed by atoms with E-state index < -0.39 is 0 Å².